The number of amides is 1. The lowest BCUT2D eigenvalue weighted by Gasteiger charge is -2.37. The van der Waals surface area contributed by atoms with Crippen molar-refractivity contribution in [2.24, 2.45) is 0 Å². The van der Waals surface area contributed by atoms with Crippen molar-refractivity contribution in [1.82, 2.24) is 29.7 Å². The molecule has 4 aromatic heterocycles. The van der Waals surface area contributed by atoms with Gasteiger partial charge in [-0.25, -0.2) is 19.3 Å². The number of likely N-dealkylation sites (tertiary alicyclic amines) is 1. The van der Waals surface area contributed by atoms with E-state index in [1.54, 1.807) is 30.6 Å². The number of oxazole rings is 1. The Balaban J connectivity index is 1.42. The maximum atomic E-state index is 15.0. The number of hydrogen-bond donors (Lipinski definition) is 1. The van der Waals surface area contributed by atoms with Crippen molar-refractivity contribution in [3.05, 3.63) is 75.6 Å². The first-order chi connectivity index (χ1) is 18.0. The van der Waals surface area contributed by atoms with Crippen LogP contribution in [0.3, 0.4) is 0 Å². The number of carbonyl (C=O) groups excluding carboxylic acids is 1. The lowest BCUT2D eigenvalue weighted by atomic mass is 10.00. The predicted octanol–water partition coefficient (Wildman–Crippen LogP) is 5.39. The summed E-state index contributed by atoms with van der Waals surface area (Å²) in [4.78, 5) is 29.2. The fraction of sp³-hybridized carbons (Fsp3) is 0.231. The van der Waals surface area contributed by atoms with Crippen LogP contribution in [0.15, 0.2) is 69.3 Å². The number of aromatic nitrogens is 4. The van der Waals surface area contributed by atoms with Gasteiger partial charge in [0.1, 0.15) is 29.1 Å². The molecule has 8 nitrogen and oxygen atoms in total. The van der Waals surface area contributed by atoms with Gasteiger partial charge in [-0.2, -0.15) is 0 Å². The molecule has 0 bridgehead atoms. The third-order valence-electron chi connectivity index (χ3n) is 6.45. The van der Waals surface area contributed by atoms with E-state index in [0.29, 0.717) is 52.9 Å². The second-order valence-corrected chi connectivity index (χ2v) is 11.5. The topological polar surface area (TPSA) is 89.1 Å². The molecule has 1 N–H and O–H groups in total. The monoisotopic (exact) mass is 580 g/mol. The minimum atomic E-state index is -0.350. The third kappa shape index (κ3) is 4.70. The zero-order valence-electron chi connectivity index (χ0n) is 19.8. The summed E-state index contributed by atoms with van der Waals surface area (Å²) in [7, 11) is 2.02. The van der Waals surface area contributed by atoms with Crippen molar-refractivity contribution in [3.63, 3.8) is 0 Å². The number of fused-ring (bicyclic) bond motifs is 1. The summed E-state index contributed by atoms with van der Waals surface area (Å²) in [6, 6.07) is 12.0. The highest BCUT2D eigenvalue weighted by Crippen LogP contribution is 2.35. The fourth-order valence-corrected chi connectivity index (χ4v) is 6.23. The Labute approximate surface area is 224 Å². The number of rotatable bonds is 5. The van der Waals surface area contributed by atoms with Gasteiger partial charge in [0.2, 0.25) is 5.89 Å². The first kappa shape index (κ1) is 24.0. The van der Waals surface area contributed by atoms with Crippen LogP contribution in [0.25, 0.3) is 34.0 Å². The molecule has 0 saturated carbocycles. The Morgan fingerprint density at radius 1 is 1.22 bits per heavy atom. The van der Waals surface area contributed by atoms with E-state index in [1.165, 1.54) is 23.7 Å². The number of likely N-dealkylation sites (N-methyl/N-ethyl adjacent to an activating group) is 1. The van der Waals surface area contributed by atoms with Crippen LogP contribution in [-0.2, 0) is 0 Å². The number of pyridine rings is 1. The number of nitrogens with one attached hydrogen (secondary N) is 1. The number of hydrogen-bond acceptors (Lipinski definition) is 7. The van der Waals surface area contributed by atoms with Crippen LogP contribution in [0.2, 0.25) is 0 Å². The van der Waals surface area contributed by atoms with Crippen molar-refractivity contribution in [3.8, 4) is 23.0 Å². The average Bonchev–Trinajstić information content (AvgIpc) is 3.63. The lowest BCUT2D eigenvalue weighted by Crippen LogP contribution is -2.49. The minimum Gasteiger partial charge on any atom is -0.443 e. The van der Waals surface area contributed by atoms with Crippen molar-refractivity contribution in [2.75, 3.05) is 20.1 Å². The van der Waals surface area contributed by atoms with Gasteiger partial charge in [0.05, 0.1) is 38.2 Å². The van der Waals surface area contributed by atoms with Crippen molar-refractivity contribution >= 4 is 44.2 Å². The quantitative estimate of drug-likeness (QED) is 0.300. The van der Waals surface area contributed by atoms with E-state index in [2.05, 4.69) is 40.7 Å². The Morgan fingerprint density at radius 3 is 2.84 bits per heavy atom. The zero-order valence-corrected chi connectivity index (χ0v) is 22.2. The summed E-state index contributed by atoms with van der Waals surface area (Å²) < 4.78 is 23.4. The smallest absolute Gasteiger partial charge is 0.261 e. The van der Waals surface area contributed by atoms with Crippen LogP contribution in [0.5, 0.6) is 0 Å². The highest BCUT2D eigenvalue weighted by atomic mass is 79.9. The SMILES string of the molecule is CN1CC(NC(=O)c2ccc(Br)s2)CC(n2c(-c3ccccc3F)nc3cnc(-c4ncco4)cc32)C1. The molecule has 1 aliphatic heterocycles. The van der Waals surface area contributed by atoms with Gasteiger partial charge >= 0.3 is 0 Å². The number of halogens is 2. The van der Waals surface area contributed by atoms with E-state index in [4.69, 9.17) is 9.40 Å². The summed E-state index contributed by atoms with van der Waals surface area (Å²) in [6.45, 7) is 1.42. The molecular formula is C26H22BrFN6O2S. The van der Waals surface area contributed by atoms with Gasteiger partial charge < -0.3 is 19.2 Å². The molecule has 5 heterocycles. The molecule has 0 spiro atoms. The van der Waals surface area contributed by atoms with Gasteiger partial charge in [0, 0.05) is 19.1 Å². The normalized spacial score (nSPS) is 18.4. The summed E-state index contributed by atoms with van der Waals surface area (Å²) in [6.07, 6.45) is 5.39. The molecule has 1 aliphatic rings. The summed E-state index contributed by atoms with van der Waals surface area (Å²) >= 11 is 4.82. The summed E-state index contributed by atoms with van der Waals surface area (Å²) in [5.41, 5.74) is 2.42. The molecule has 11 heteroatoms. The molecule has 0 aliphatic carbocycles. The number of benzene rings is 1. The Kier molecular flexibility index (Phi) is 6.35. The average molecular weight is 581 g/mol. The van der Waals surface area contributed by atoms with Crippen LogP contribution in [0.1, 0.15) is 22.1 Å². The molecule has 1 fully saturated rings. The largest absolute Gasteiger partial charge is 0.443 e. The number of carbonyl (C=O) groups is 1. The molecule has 5 aromatic rings. The molecule has 1 amide bonds. The molecule has 37 heavy (non-hydrogen) atoms. The van der Waals surface area contributed by atoms with E-state index in [1.807, 2.05) is 25.2 Å². The Morgan fingerprint density at radius 2 is 2.08 bits per heavy atom. The van der Waals surface area contributed by atoms with Gasteiger partial charge in [0.15, 0.2) is 0 Å². The number of imidazole rings is 1. The molecular weight excluding hydrogens is 559 g/mol. The molecule has 0 radical (unpaired) electrons. The van der Waals surface area contributed by atoms with Gasteiger partial charge in [-0.1, -0.05) is 12.1 Å². The van der Waals surface area contributed by atoms with Gasteiger partial charge in [-0.3, -0.25) is 4.79 Å². The Hall–Kier alpha value is -3.41. The van der Waals surface area contributed by atoms with Gasteiger partial charge in [-0.05, 0) is 59.7 Å². The third-order valence-corrected chi connectivity index (χ3v) is 8.07. The van der Waals surface area contributed by atoms with E-state index < -0.39 is 0 Å². The van der Waals surface area contributed by atoms with E-state index in [-0.39, 0.29) is 23.8 Å². The number of thiophene rings is 1. The molecule has 2 atom stereocenters. The maximum Gasteiger partial charge on any atom is 0.261 e. The Bertz CT molecular complexity index is 1580. The summed E-state index contributed by atoms with van der Waals surface area (Å²) in [5, 5.41) is 3.19. The van der Waals surface area contributed by atoms with E-state index >= 15 is 4.39 Å². The highest BCUT2D eigenvalue weighted by Gasteiger charge is 2.31. The fourth-order valence-electron chi connectivity index (χ4n) is 4.94. The van der Waals surface area contributed by atoms with Crippen molar-refractivity contribution < 1.29 is 13.6 Å². The van der Waals surface area contributed by atoms with Crippen LogP contribution in [0, 0.1) is 5.82 Å². The predicted molar refractivity (Wildman–Crippen MR) is 143 cm³/mol. The van der Waals surface area contributed by atoms with Gasteiger partial charge in [0.25, 0.3) is 5.91 Å². The van der Waals surface area contributed by atoms with Crippen LogP contribution >= 0.6 is 27.3 Å². The first-order valence-corrected chi connectivity index (χ1v) is 13.3. The number of nitrogens with zero attached hydrogens (tertiary/aromatic N) is 5. The highest BCUT2D eigenvalue weighted by molar-refractivity contribution is 9.11. The molecule has 188 valence electrons. The minimum absolute atomic E-state index is 0.0847. The van der Waals surface area contributed by atoms with Crippen LogP contribution in [-0.4, -0.2) is 56.5 Å². The van der Waals surface area contributed by atoms with Crippen LogP contribution in [0.4, 0.5) is 4.39 Å². The van der Waals surface area contributed by atoms with Crippen molar-refractivity contribution in [1.29, 1.82) is 0 Å². The number of piperidine rings is 1. The second kappa shape index (κ2) is 9.81. The maximum absolute atomic E-state index is 15.0. The lowest BCUT2D eigenvalue weighted by molar-refractivity contribution is 0.0898. The molecule has 1 saturated heterocycles. The standard InChI is InChI=1S/C26H22BrFN6O2S/c1-33-13-15(31-25(35)22-6-7-23(27)37-22)10-16(14-33)34-21-11-19(26-29-8-9-36-26)30-12-20(21)32-24(34)17-4-2-3-5-18(17)28/h2-9,11-12,15-16H,10,13-14H2,1H3,(H,31,35). The van der Waals surface area contributed by atoms with Gasteiger partial charge in [-0.15, -0.1) is 11.3 Å². The molecule has 6 rings (SSSR count). The zero-order chi connectivity index (χ0) is 25.5. The molecule has 2 unspecified atom stereocenters. The van der Waals surface area contributed by atoms with Crippen molar-refractivity contribution in [2.45, 2.75) is 18.5 Å². The molecule has 1 aromatic carbocycles. The first-order valence-electron chi connectivity index (χ1n) is 11.7. The van der Waals surface area contributed by atoms with E-state index in [0.717, 1.165) is 9.30 Å². The second-order valence-electron chi connectivity index (χ2n) is 9.07. The van der Waals surface area contributed by atoms with E-state index in [9.17, 15) is 4.79 Å². The van der Waals surface area contributed by atoms with Crippen LogP contribution < -0.4 is 5.32 Å². The summed E-state index contributed by atoms with van der Waals surface area (Å²) in [5.74, 6) is 0.467.